The molecule has 2 heterocycles. The van der Waals surface area contributed by atoms with Crippen LogP contribution < -0.4 is 14.8 Å². The van der Waals surface area contributed by atoms with E-state index in [1.54, 1.807) is 41.9 Å². The summed E-state index contributed by atoms with van der Waals surface area (Å²) >= 11 is 1.64. The highest BCUT2D eigenvalue weighted by Gasteiger charge is 2.12. The average molecular weight is 382 g/mol. The number of carbonyl (C=O) groups is 1. The van der Waals surface area contributed by atoms with Crippen molar-refractivity contribution in [3.63, 3.8) is 0 Å². The van der Waals surface area contributed by atoms with Crippen LogP contribution in [0, 0.1) is 6.92 Å². The number of aromatic nitrogens is 1. The predicted molar refractivity (Wildman–Crippen MR) is 106 cm³/mol. The quantitative estimate of drug-likeness (QED) is 0.629. The fraction of sp³-hybridized carbons (Fsp3) is 0.238. The minimum atomic E-state index is -0.137. The maximum absolute atomic E-state index is 12.5. The molecular formula is C21H22N2O3S. The lowest BCUT2D eigenvalue weighted by Crippen LogP contribution is -2.22. The Morgan fingerprint density at radius 3 is 2.78 bits per heavy atom. The van der Waals surface area contributed by atoms with Crippen molar-refractivity contribution in [2.75, 3.05) is 6.61 Å². The molecule has 1 N–H and O–H groups in total. The van der Waals surface area contributed by atoms with E-state index in [0.29, 0.717) is 36.8 Å². The van der Waals surface area contributed by atoms with Crippen LogP contribution in [0.5, 0.6) is 11.5 Å². The number of thiophene rings is 1. The Hall–Kier alpha value is -2.86. The van der Waals surface area contributed by atoms with Gasteiger partial charge in [0.1, 0.15) is 6.61 Å². The Morgan fingerprint density at radius 1 is 1.19 bits per heavy atom. The van der Waals surface area contributed by atoms with Crippen LogP contribution in [0.4, 0.5) is 0 Å². The normalized spacial score (nSPS) is 10.4. The van der Waals surface area contributed by atoms with Crippen LogP contribution >= 0.6 is 11.3 Å². The summed E-state index contributed by atoms with van der Waals surface area (Å²) in [5.41, 5.74) is 2.70. The lowest BCUT2D eigenvalue weighted by atomic mass is 10.2. The van der Waals surface area contributed by atoms with Crippen molar-refractivity contribution in [3.05, 3.63) is 75.7 Å². The SMILES string of the molecule is CCOc1cc(C(=O)NCc2sccc2C)ccc1OCc1cccnc1. The zero-order chi connectivity index (χ0) is 19.1. The molecule has 3 aromatic rings. The van der Waals surface area contributed by atoms with E-state index in [1.165, 1.54) is 5.56 Å². The Labute approximate surface area is 163 Å². The molecule has 6 heteroatoms. The number of pyridine rings is 1. The van der Waals surface area contributed by atoms with Crippen LogP contribution in [-0.2, 0) is 13.2 Å². The van der Waals surface area contributed by atoms with Crippen LogP contribution in [0.2, 0.25) is 0 Å². The Balaban J connectivity index is 1.68. The monoisotopic (exact) mass is 382 g/mol. The van der Waals surface area contributed by atoms with Crippen LogP contribution in [-0.4, -0.2) is 17.5 Å². The van der Waals surface area contributed by atoms with Gasteiger partial charge in [-0.2, -0.15) is 0 Å². The Kier molecular flexibility index (Phi) is 6.44. The van der Waals surface area contributed by atoms with E-state index in [4.69, 9.17) is 9.47 Å². The first-order chi connectivity index (χ1) is 13.2. The van der Waals surface area contributed by atoms with E-state index in [1.807, 2.05) is 37.4 Å². The molecule has 1 amide bonds. The maximum Gasteiger partial charge on any atom is 0.251 e. The van der Waals surface area contributed by atoms with Gasteiger partial charge in [0, 0.05) is 28.4 Å². The zero-order valence-electron chi connectivity index (χ0n) is 15.4. The molecule has 5 nitrogen and oxygen atoms in total. The summed E-state index contributed by atoms with van der Waals surface area (Å²) in [4.78, 5) is 17.7. The highest BCUT2D eigenvalue weighted by molar-refractivity contribution is 7.10. The summed E-state index contributed by atoms with van der Waals surface area (Å²) in [5.74, 6) is 1.02. The molecule has 0 aliphatic heterocycles. The first-order valence-electron chi connectivity index (χ1n) is 8.77. The second kappa shape index (κ2) is 9.19. The molecule has 1 aromatic carbocycles. The lowest BCUT2D eigenvalue weighted by molar-refractivity contribution is 0.0950. The fourth-order valence-corrected chi connectivity index (χ4v) is 3.38. The van der Waals surface area contributed by atoms with Crippen LogP contribution in [0.1, 0.15) is 33.3 Å². The number of hydrogen-bond donors (Lipinski definition) is 1. The molecule has 0 fully saturated rings. The summed E-state index contributed by atoms with van der Waals surface area (Å²) < 4.78 is 11.5. The standard InChI is InChI=1S/C21H22N2O3S/c1-3-25-19-11-17(21(24)23-13-20-15(2)8-10-27-20)6-7-18(19)26-14-16-5-4-9-22-12-16/h4-12H,3,13-14H2,1-2H3,(H,23,24). The lowest BCUT2D eigenvalue weighted by Gasteiger charge is -2.13. The fourth-order valence-electron chi connectivity index (χ4n) is 2.53. The minimum Gasteiger partial charge on any atom is -0.490 e. The van der Waals surface area contributed by atoms with E-state index in [-0.39, 0.29) is 5.91 Å². The minimum absolute atomic E-state index is 0.137. The van der Waals surface area contributed by atoms with Gasteiger partial charge in [-0.3, -0.25) is 9.78 Å². The van der Waals surface area contributed by atoms with Crippen molar-refractivity contribution in [2.24, 2.45) is 0 Å². The van der Waals surface area contributed by atoms with Crippen LogP contribution in [0.3, 0.4) is 0 Å². The average Bonchev–Trinajstić information content (AvgIpc) is 3.11. The van der Waals surface area contributed by atoms with E-state index < -0.39 is 0 Å². The van der Waals surface area contributed by atoms with Crippen molar-refractivity contribution >= 4 is 17.2 Å². The first kappa shape index (κ1) is 18.9. The molecule has 0 unspecified atom stereocenters. The number of nitrogens with zero attached hydrogens (tertiary/aromatic N) is 1. The van der Waals surface area contributed by atoms with Gasteiger partial charge in [0.05, 0.1) is 13.2 Å². The van der Waals surface area contributed by atoms with Crippen molar-refractivity contribution in [2.45, 2.75) is 27.0 Å². The van der Waals surface area contributed by atoms with E-state index in [9.17, 15) is 4.79 Å². The van der Waals surface area contributed by atoms with Gasteiger partial charge in [0.2, 0.25) is 0 Å². The van der Waals surface area contributed by atoms with Gasteiger partial charge in [0.15, 0.2) is 11.5 Å². The van der Waals surface area contributed by atoms with Gasteiger partial charge in [-0.1, -0.05) is 6.07 Å². The molecule has 0 radical (unpaired) electrons. The summed E-state index contributed by atoms with van der Waals surface area (Å²) in [5, 5.41) is 4.98. The van der Waals surface area contributed by atoms with Crippen LogP contribution in [0.15, 0.2) is 54.2 Å². The predicted octanol–water partition coefficient (Wildman–Crippen LogP) is 4.36. The summed E-state index contributed by atoms with van der Waals surface area (Å²) in [7, 11) is 0. The molecule has 2 aromatic heterocycles. The number of nitrogens with one attached hydrogen (secondary N) is 1. The van der Waals surface area contributed by atoms with Gasteiger partial charge in [-0.15, -0.1) is 11.3 Å². The summed E-state index contributed by atoms with van der Waals surface area (Å²) in [6, 6.07) is 11.1. The number of aryl methyl sites for hydroxylation is 1. The molecule has 0 saturated carbocycles. The third kappa shape index (κ3) is 5.08. The summed E-state index contributed by atoms with van der Waals surface area (Å²) in [6.07, 6.45) is 3.48. The van der Waals surface area contributed by atoms with Gasteiger partial charge in [-0.05, 0) is 55.1 Å². The third-order valence-electron chi connectivity index (χ3n) is 4.00. The third-order valence-corrected chi connectivity index (χ3v) is 5.02. The highest BCUT2D eigenvalue weighted by Crippen LogP contribution is 2.29. The topological polar surface area (TPSA) is 60.5 Å². The van der Waals surface area contributed by atoms with Crippen molar-refractivity contribution in [1.29, 1.82) is 0 Å². The van der Waals surface area contributed by atoms with Gasteiger partial charge in [-0.25, -0.2) is 0 Å². The second-order valence-corrected chi connectivity index (χ2v) is 6.95. The van der Waals surface area contributed by atoms with E-state index in [2.05, 4.69) is 10.3 Å². The number of ether oxygens (including phenoxy) is 2. The van der Waals surface area contributed by atoms with Crippen molar-refractivity contribution in [3.8, 4) is 11.5 Å². The molecule has 0 spiro atoms. The van der Waals surface area contributed by atoms with Crippen molar-refractivity contribution in [1.82, 2.24) is 10.3 Å². The smallest absolute Gasteiger partial charge is 0.251 e. The van der Waals surface area contributed by atoms with Crippen molar-refractivity contribution < 1.29 is 14.3 Å². The van der Waals surface area contributed by atoms with Gasteiger partial charge in [0.25, 0.3) is 5.91 Å². The number of hydrogen-bond acceptors (Lipinski definition) is 5. The first-order valence-corrected chi connectivity index (χ1v) is 9.65. The zero-order valence-corrected chi connectivity index (χ0v) is 16.2. The highest BCUT2D eigenvalue weighted by atomic mass is 32.1. The molecule has 3 rings (SSSR count). The van der Waals surface area contributed by atoms with E-state index in [0.717, 1.165) is 10.4 Å². The maximum atomic E-state index is 12.5. The molecule has 0 aliphatic rings. The van der Waals surface area contributed by atoms with Crippen LogP contribution in [0.25, 0.3) is 0 Å². The Morgan fingerprint density at radius 2 is 2.07 bits per heavy atom. The molecule has 0 atom stereocenters. The Bertz CT molecular complexity index is 893. The molecule has 0 aliphatic carbocycles. The molecule has 27 heavy (non-hydrogen) atoms. The van der Waals surface area contributed by atoms with E-state index >= 15 is 0 Å². The van der Waals surface area contributed by atoms with Gasteiger partial charge >= 0.3 is 0 Å². The molecule has 0 bridgehead atoms. The molecular weight excluding hydrogens is 360 g/mol. The molecule has 140 valence electrons. The number of rotatable bonds is 8. The largest absolute Gasteiger partial charge is 0.490 e. The molecule has 0 saturated heterocycles. The second-order valence-electron chi connectivity index (χ2n) is 5.95. The van der Waals surface area contributed by atoms with Gasteiger partial charge < -0.3 is 14.8 Å². The summed E-state index contributed by atoms with van der Waals surface area (Å²) in [6.45, 7) is 5.34. The number of benzene rings is 1. The number of amides is 1. The number of carbonyl (C=O) groups excluding carboxylic acids is 1.